The van der Waals surface area contributed by atoms with E-state index in [1.54, 1.807) is 0 Å². The van der Waals surface area contributed by atoms with Crippen LogP contribution in [0.1, 0.15) is 38.3 Å². The van der Waals surface area contributed by atoms with Crippen molar-refractivity contribution in [3.05, 3.63) is 18.0 Å². The van der Waals surface area contributed by atoms with Gasteiger partial charge in [-0.05, 0) is 39.9 Å². The van der Waals surface area contributed by atoms with E-state index < -0.39 is 0 Å². The van der Waals surface area contributed by atoms with Gasteiger partial charge in [-0.2, -0.15) is 5.10 Å². The molecule has 114 valence electrons. The van der Waals surface area contributed by atoms with E-state index in [0.29, 0.717) is 12.6 Å². The fourth-order valence-corrected chi connectivity index (χ4v) is 3.27. The zero-order valence-electron chi connectivity index (χ0n) is 13.1. The van der Waals surface area contributed by atoms with Gasteiger partial charge in [0.2, 0.25) is 0 Å². The summed E-state index contributed by atoms with van der Waals surface area (Å²) >= 11 is 0. The molecule has 0 bridgehead atoms. The molecular weight excluding hydrogens is 250 g/mol. The molecule has 2 N–H and O–H groups in total. The molecule has 0 saturated carbocycles. The molecule has 1 aliphatic heterocycles. The molecule has 1 aliphatic rings. The maximum Gasteiger partial charge on any atom is 0.0538 e. The molecule has 5 nitrogen and oxygen atoms in total. The number of nitrogens with two attached hydrogens (primary N) is 1. The Morgan fingerprint density at radius 2 is 2.25 bits per heavy atom. The summed E-state index contributed by atoms with van der Waals surface area (Å²) in [7, 11) is 2.19. The average Bonchev–Trinajstić information content (AvgIpc) is 3.08. The second-order valence-electron chi connectivity index (χ2n) is 5.75. The third kappa shape index (κ3) is 3.40. The van der Waals surface area contributed by atoms with Gasteiger partial charge in [0.1, 0.15) is 0 Å². The third-order valence-electron chi connectivity index (χ3n) is 4.52. The number of hydrogen-bond acceptors (Lipinski definition) is 4. The van der Waals surface area contributed by atoms with Crippen LogP contribution in [0.25, 0.3) is 0 Å². The average molecular weight is 279 g/mol. The van der Waals surface area contributed by atoms with Crippen molar-refractivity contribution < 1.29 is 0 Å². The first-order valence-electron chi connectivity index (χ1n) is 7.86. The lowest BCUT2D eigenvalue weighted by atomic mass is 10.1. The van der Waals surface area contributed by atoms with Crippen LogP contribution in [-0.4, -0.2) is 58.8 Å². The Bertz CT molecular complexity index is 403. The van der Waals surface area contributed by atoms with Crippen LogP contribution in [0, 0.1) is 0 Å². The van der Waals surface area contributed by atoms with Gasteiger partial charge in [0.25, 0.3) is 0 Å². The molecule has 0 spiro atoms. The van der Waals surface area contributed by atoms with Crippen LogP contribution in [0.3, 0.4) is 0 Å². The summed E-state index contributed by atoms with van der Waals surface area (Å²) in [5, 5.41) is 4.37. The topological polar surface area (TPSA) is 50.3 Å². The van der Waals surface area contributed by atoms with Gasteiger partial charge in [-0.25, -0.2) is 0 Å². The minimum absolute atomic E-state index is 0.273. The molecule has 0 aromatic carbocycles. The molecule has 2 heterocycles. The zero-order valence-corrected chi connectivity index (χ0v) is 13.1. The molecule has 0 aliphatic carbocycles. The van der Waals surface area contributed by atoms with Gasteiger partial charge in [0.05, 0.1) is 6.20 Å². The second kappa shape index (κ2) is 7.20. The smallest absolute Gasteiger partial charge is 0.0538 e. The van der Waals surface area contributed by atoms with Crippen molar-refractivity contribution in [3.8, 4) is 0 Å². The molecule has 2 unspecified atom stereocenters. The Balaban J connectivity index is 1.99. The Morgan fingerprint density at radius 1 is 1.45 bits per heavy atom. The van der Waals surface area contributed by atoms with Gasteiger partial charge in [-0.1, -0.05) is 6.92 Å². The van der Waals surface area contributed by atoms with Crippen molar-refractivity contribution in [2.75, 3.05) is 33.2 Å². The zero-order chi connectivity index (χ0) is 14.5. The standard InChI is InChI=1S/C15H29N5/c1-4-19-8-6-7-14(19)12-18(3)15(9-16)13-10-17-20(5-2)11-13/h10-11,14-15H,4-9,12,16H2,1-3H3. The summed E-state index contributed by atoms with van der Waals surface area (Å²) in [5.41, 5.74) is 7.24. The minimum atomic E-state index is 0.273. The summed E-state index contributed by atoms with van der Waals surface area (Å²) in [6.45, 7) is 9.40. The van der Waals surface area contributed by atoms with Crippen LogP contribution >= 0.6 is 0 Å². The predicted molar refractivity (Wildman–Crippen MR) is 82.6 cm³/mol. The van der Waals surface area contributed by atoms with Crippen LogP contribution < -0.4 is 5.73 Å². The van der Waals surface area contributed by atoms with E-state index in [1.165, 1.54) is 24.9 Å². The van der Waals surface area contributed by atoms with Crippen LogP contribution in [0.5, 0.6) is 0 Å². The van der Waals surface area contributed by atoms with Gasteiger partial charge < -0.3 is 5.73 Å². The highest BCUT2D eigenvalue weighted by atomic mass is 15.3. The number of aromatic nitrogens is 2. The lowest BCUT2D eigenvalue weighted by molar-refractivity contribution is 0.166. The van der Waals surface area contributed by atoms with E-state index in [1.807, 2.05) is 10.9 Å². The summed E-state index contributed by atoms with van der Waals surface area (Å²) in [6.07, 6.45) is 6.72. The first-order chi connectivity index (χ1) is 9.69. The maximum absolute atomic E-state index is 6.01. The summed E-state index contributed by atoms with van der Waals surface area (Å²) in [4.78, 5) is 4.98. The number of nitrogens with zero attached hydrogens (tertiary/aromatic N) is 4. The fourth-order valence-electron chi connectivity index (χ4n) is 3.27. The van der Waals surface area contributed by atoms with E-state index >= 15 is 0 Å². The Hall–Kier alpha value is -0.910. The number of likely N-dealkylation sites (tertiary alicyclic amines) is 1. The first-order valence-corrected chi connectivity index (χ1v) is 7.86. The van der Waals surface area contributed by atoms with E-state index in [0.717, 1.165) is 19.6 Å². The largest absolute Gasteiger partial charge is 0.329 e. The fraction of sp³-hybridized carbons (Fsp3) is 0.800. The lowest BCUT2D eigenvalue weighted by Crippen LogP contribution is -2.41. The molecule has 20 heavy (non-hydrogen) atoms. The maximum atomic E-state index is 6.01. The quantitative estimate of drug-likeness (QED) is 0.818. The minimum Gasteiger partial charge on any atom is -0.329 e. The van der Waals surface area contributed by atoms with Crippen LogP contribution in [0.4, 0.5) is 0 Å². The Kier molecular flexibility index (Phi) is 5.57. The summed E-state index contributed by atoms with van der Waals surface area (Å²) in [5.74, 6) is 0. The number of likely N-dealkylation sites (N-methyl/N-ethyl adjacent to an activating group) is 2. The van der Waals surface area contributed by atoms with Gasteiger partial charge >= 0.3 is 0 Å². The third-order valence-corrected chi connectivity index (χ3v) is 4.52. The molecule has 1 aromatic rings. The van der Waals surface area contributed by atoms with E-state index in [9.17, 15) is 0 Å². The van der Waals surface area contributed by atoms with E-state index in [4.69, 9.17) is 5.73 Å². The van der Waals surface area contributed by atoms with Gasteiger partial charge in [-0.3, -0.25) is 14.5 Å². The highest BCUT2D eigenvalue weighted by Crippen LogP contribution is 2.22. The summed E-state index contributed by atoms with van der Waals surface area (Å²) in [6, 6.07) is 0.954. The number of hydrogen-bond donors (Lipinski definition) is 1. The van der Waals surface area contributed by atoms with Crippen LogP contribution in [0.15, 0.2) is 12.4 Å². The van der Waals surface area contributed by atoms with Crippen molar-refractivity contribution in [1.82, 2.24) is 19.6 Å². The monoisotopic (exact) mass is 279 g/mol. The van der Waals surface area contributed by atoms with Gasteiger partial charge in [0, 0.05) is 43.5 Å². The number of rotatable bonds is 7. The molecule has 1 aromatic heterocycles. The van der Waals surface area contributed by atoms with Crippen molar-refractivity contribution >= 4 is 0 Å². The Morgan fingerprint density at radius 3 is 2.85 bits per heavy atom. The predicted octanol–water partition coefficient (Wildman–Crippen LogP) is 1.32. The normalized spacial score (nSPS) is 21.8. The molecule has 0 amide bonds. The SMILES string of the molecule is CCN1CCCC1CN(C)C(CN)c1cnn(CC)c1. The lowest BCUT2D eigenvalue weighted by Gasteiger charge is -2.32. The van der Waals surface area contributed by atoms with Gasteiger partial charge in [-0.15, -0.1) is 0 Å². The van der Waals surface area contributed by atoms with Crippen molar-refractivity contribution in [3.63, 3.8) is 0 Å². The molecule has 0 radical (unpaired) electrons. The first kappa shape index (κ1) is 15.5. The van der Waals surface area contributed by atoms with Crippen molar-refractivity contribution in [1.29, 1.82) is 0 Å². The summed E-state index contributed by atoms with van der Waals surface area (Å²) < 4.78 is 1.97. The van der Waals surface area contributed by atoms with Gasteiger partial charge in [0.15, 0.2) is 0 Å². The van der Waals surface area contributed by atoms with Crippen molar-refractivity contribution in [2.24, 2.45) is 5.73 Å². The molecule has 2 atom stereocenters. The van der Waals surface area contributed by atoms with E-state index in [-0.39, 0.29) is 6.04 Å². The molecular formula is C15H29N5. The molecule has 1 fully saturated rings. The van der Waals surface area contributed by atoms with Crippen molar-refractivity contribution in [2.45, 2.75) is 45.3 Å². The van der Waals surface area contributed by atoms with Crippen LogP contribution in [0.2, 0.25) is 0 Å². The number of aryl methyl sites for hydroxylation is 1. The van der Waals surface area contributed by atoms with E-state index in [2.05, 4.69) is 42.0 Å². The molecule has 5 heteroatoms. The Labute approximate surface area is 122 Å². The molecule has 1 saturated heterocycles. The molecule has 2 rings (SSSR count). The highest BCUT2D eigenvalue weighted by Gasteiger charge is 2.27. The van der Waals surface area contributed by atoms with Crippen LogP contribution in [-0.2, 0) is 6.54 Å². The second-order valence-corrected chi connectivity index (χ2v) is 5.75. The highest BCUT2D eigenvalue weighted by molar-refractivity contribution is 5.11.